The van der Waals surface area contributed by atoms with E-state index in [1.807, 2.05) is 18.2 Å². The molecular formula is C24H19ClN4O3S. The highest BCUT2D eigenvalue weighted by Gasteiger charge is 2.31. The molecule has 2 heterocycles. The molecule has 0 unspecified atom stereocenters. The van der Waals surface area contributed by atoms with Gasteiger partial charge in [-0.15, -0.1) is 0 Å². The van der Waals surface area contributed by atoms with Gasteiger partial charge in [-0.2, -0.15) is 0 Å². The minimum Gasteiger partial charge on any atom is -0.322 e. The molecule has 7 nitrogen and oxygen atoms in total. The number of para-hydroxylation sites is 1. The van der Waals surface area contributed by atoms with Gasteiger partial charge in [-0.3, -0.25) is 9.10 Å². The molecule has 1 N–H and O–H groups in total. The number of fused-ring (bicyclic) bond motifs is 1. The summed E-state index contributed by atoms with van der Waals surface area (Å²) in [7, 11) is -3.79. The number of imidazole rings is 1. The van der Waals surface area contributed by atoms with Gasteiger partial charge in [0.2, 0.25) is 0 Å². The monoisotopic (exact) mass is 478 g/mol. The van der Waals surface area contributed by atoms with E-state index in [9.17, 15) is 13.2 Å². The minimum absolute atomic E-state index is 0.0698. The normalized spacial score (nSPS) is 13.1. The van der Waals surface area contributed by atoms with Gasteiger partial charge < -0.3 is 9.88 Å². The SMILES string of the molecule is O=C(Nc1ccc(-n2ccnc2)c(Cl)c1)c1cccc(S(=O)(=O)N2CCc3ccccc32)c1. The number of rotatable bonds is 5. The number of hydrogen-bond donors (Lipinski definition) is 1. The largest absolute Gasteiger partial charge is 0.322 e. The summed E-state index contributed by atoms with van der Waals surface area (Å²) in [6.45, 7) is 0.375. The predicted octanol–water partition coefficient (Wildman–Crippen LogP) is 4.53. The zero-order valence-electron chi connectivity index (χ0n) is 17.3. The van der Waals surface area contributed by atoms with Crippen molar-refractivity contribution in [2.24, 2.45) is 0 Å². The van der Waals surface area contributed by atoms with Crippen molar-refractivity contribution in [3.63, 3.8) is 0 Å². The predicted molar refractivity (Wildman–Crippen MR) is 128 cm³/mol. The first-order valence-electron chi connectivity index (χ1n) is 10.2. The van der Waals surface area contributed by atoms with Crippen LogP contribution in [0.15, 0.2) is 90.3 Å². The first-order valence-corrected chi connectivity index (χ1v) is 12.1. The number of hydrogen-bond acceptors (Lipinski definition) is 4. The van der Waals surface area contributed by atoms with E-state index in [1.54, 1.807) is 59.7 Å². The van der Waals surface area contributed by atoms with Crippen LogP contribution in [0.2, 0.25) is 5.02 Å². The lowest BCUT2D eigenvalue weighted by atomic mass is 10.2. The molecule has 0 atom stereocenters. The molecule has 0 saturated heterocycles. The van der Waals surface area contributed by atoms with Crippen molar-refractivity contribution in [1.82, 2.24) is 9.55 Å². The van der Waals surface area contributed by atoms with Crippen LogP contribution in [-0.4, -0.2) is 30.4 Å². The molecule has 1 amide bonds. The second kappa shape index (κ2) is 8.38. The second-order valence-corrected chi connectivity index (χ2v) is 9.84. The van der Waals surface area contributed by atoms with Crippen molar-refractivity contribution in [1.29, 1.82) is 0 Å². The standard InChI is InChI=1S/C24H19ClN4O3S/c25-21-15-19(8-9-23(21)28-13-11-26-16-28)27-24(30)18-5-3-6-20(14-18)33(31,32)29-12-10-17-4-1-2-7-22(17)29/h1-9,11,13-16H,10,12H2,(H,27,30). The molecule has 0 spiro atoms. The molecular weight excluding hydrogens is 460 g/mol. The van der Waals surface area contributed by atoms with E-state index in [-0.39, 0.29) is 10.5 Å². The van der Waals surface area contributed by atoms with Gasteiger partial charge in [-0.1, -0.05) is 35.9 Å². The lowest BCUT2D eigenvalue weighted by Gasteiger charge is -2.20. The highest BCUT2D eigenvalue weighted by atomic mass is 35.5. The van der Waals surface area contributed by atoms with Gasteiger partial charge in [0.05, 0.1) is 27.6 Å². The summed E-state index contributed by atoms with van der Waals surface area (Å²) >= 11 is 6.36. The van der Waals surface area contributed by atoms with Crippen LogP contribution < -0.4 is 9.62 Å². The van der Waals surface area contributed by atoms with Gasteiger partial charge in [0.25, 0.3) is 15.9 Å². The smallest absolute Gasteiger partial charge is 0.264 e. The lowest BCUT2D eigenvalue weighted by molar-refractivity contribution is 0.102. The molecule has 3 aromatic carbocycles. The minimum atomic E-state index is -3.79. The first kappa shape index (κ1) is 21.2. The Kier molecular flexibility index (Phi) is 5.39. The molecule has 1 aliphatic heterocycles. The highest BCUT2D eigenvalue weighted by Crippen LogP contribution is 2.33. The summed E-state index contributed by atoms with van der Waals surface area (Å²) in [5.41, 5.74) is 3.13. The van der Waals surface area contributed by atoms with Gasteiger partial charge in [0.1, 0.15) is 0 Å². The average molecular weight is 479 g/mol. The number of carbonyl (C=O) groups is 1. The Balaban J connectivity index is 1.38. The van der Waals surface area contributed by atoms with Crippen LogP contribution in [0.1, 0.15) is 15.9 Å². The van der Waals surface area contributed by atoms with Crippen LogP contribution in [0.3, 0.4) is 0 Å². The van der Waals surface area contributed by atoms with Crippen LogP contribution in [0.4, 0.5) is 11.4 Å². The van der Waals surface area contributed by atoms with Gasteiger partial charge >= 0.3 is 0 Å². The molecule has 0 saturated carbocycles. The number of carbonyl (C=O) groups excluding carboxylic acids is 1. The molecule has 0 radical (unpaired) electrons. The molecule has 1 aliphatic rings. The fraction of sp³-hybridized carbons (Fsp3) is 0.0833. The van der Waals surface area contributed by atoms with Crippen LogP contribution in [0.25, 0.3) is 5.69 Å². The molecule has 0 aliphatic carbocycles. The maximum Gasteiger partial charge on any atom is 0.264 e. The van der Waals surface area contributed by atoms with Crippen LogP contribution in [0, 0.1) is 0 Å². The zero-order chi connectivity index (χ0) is 23.0. The Hall–Kier alpha value is -3.62. The van der Waals surface area contributed by atoms with Crippen LogP contribution in [0.5, 0.6) is 0 Å². The molecule has 9 heteroatoms. The fourth-order valence-corrected chi connectivity index (χ4v) is 5.71. The highest BCUT2D eigenvalue weighted by molar-refractivity contribution is 7.92. The molecule has 0 bridgehead atoms. The topological polar surface area (TPSA) is 84.3 Å². The van der Waals surface area contributed by atoms with Crippen molar-refractivity contribution in [3.8, 4) is 5.69 Å². The number of halogens is 1. The zero-order valence-corrected chi connectivity index (χ0v) is 18.9. The summed E-state index contributed by atoms with van der Waals surface area (Å²) in [5, 5.41) is 3.22. The number of benzene rings is 3. The van der Waals surface area contributed by atoms with Gasteiger partial charge in [0.15, 0.2) is 0 Å². The van der Waals surface area contributed by atoms with E-state index < -0.39 is 15.9 Å². The van der Waals surface area contributed by atoms with Crippen molar-refractivity contribution in [2.75, 3.05) is 16.2 Å². The Morgan fingerprint density at radius 3 is 2.64 bits per heavy atom. The van der Waals surface area contributed by atoms with Crippen molar-refractivity contribution in [3.05, 3.63) is 102 Å². The van der Waals surface area contributed by atoms with E-state index in [1.165, 1.54) is 16.4 Å². The lowest BCUT2D eigenvalue weighted by Crippen LogP contribution is -2.29. The van der Waals surface area contributed by atoms with Gasteiger partial charge in [-0.05, 0) is 54.4 Å². The van der Waals surface area contributed by atoms with Crippen LogP contribution >= 0.6 is 11.6 Å². The molecule has 0 fully saturated rings. The Bertz CT molecular complexity index is 1450. The number of nitrogens with one attached hydrogen (secondary N) is 1. The molecule has 166 valence electrons. The third-order valence-electron chi connectivity index (χ3n) is 5.52. The summed E-state index contributed by atoms with van der Waals surface area (Å²) in [6, 6.07) is 18.6. The number of sulfonamides is 1. The van der Waals surface area contributed by atoms with Crippen molar-refractivity contribution in [2.45, 2.75) is 11.3 Å². The maximum atomic E-state index is 13.3. The first-order chi connectivity index (χ1) is 15.9. The summed E-state index contributed by atoms with van der Waals surface area (Å²) in [5.74, 6) is -0.430. The summed E-state index contributed by atoms with van der Waals surface area (Å²) in [6.07, 6.45) is 5.70. The number of aromatic nitrogens is 2. The maximum absolute atomic E-state index is 13.3. The van der Waals surface area contributed by atoms with Crippen molar-refractivity contribution >= 4 is 38.9 Å². The van der Waals surface area contributed by atoms with Crippen molar-refractivity contribution < 1.29 is 13.2 Å². The third-order valence-corrected chi connectivity index (χ3v) is 7.63. The molecule has 33 heavy (non-hydrogen) atoms. The van der Waals surface area contributed by atoms with E-state index in [2.05, 4.69) is 10.3 Å². The van der Waals surface area contributed by atoms with Gasteiger partial charge in [0, 0.05) is 30.2 Å². The van der Waals surface area contributed by atoms with E-state index in [4.69, 9.17) is 11.6 Å². The number of anilines is 2. The molecule has 4 aromatic rings. The van der Waals surface area contributed by atoms with E-state index >= 15 is 0 Å². The van der Waals surface area contributed by atoms with Crippen LogP contribution in [-0.2, 0) is 16.4 Å². The second-order valence-electron chi connectivity index (χ2n) is 7.57. The Morgan fingerprint density at radius 2 is 1.85 bits per heavy atom. The molecule has 1 aromatic heterocycles. The van der Waals surface area contributed by atoms with E-state index in [0.29, 0.717) is 29.4 Å². The Morgan fingerprint density at radius 1 is 1.00 bits per heavy atom. The van der Waals surface area contributed by atoms with Gasteiger partial charge in [-0.25, -0.2) is 13.4 Å². The average Bonchev–Trinajstić information content (AvgIpc) is 3.50. The molecule has 5 rings (SSSR count). The quantitative estimate of drug-likeness (QED) is 0.456. The third kappa shape index (κ3) is 3.99. The number of nitrogens with zero attached hydrogens (tertiary/aromatic N) is 3. The fourth-order valence-electron chi connectivity index (χ4n) is 3.88. The number of amides is 1. The van der Waals surface area contributed by atoms with E-state index in [0.717, 1.165) is 11.3 Å². The summed E-state index contributed by atoms with van der Waals surface area (Å²) < 4.78 is 29.7. The summed E-state index contributed by atoms with van der Waals surface area (Å²) in [4.78, 5) is 16.9. The Labute approximate surface area is 196 Å².